The fraction of sp³-hybridized carbons (Fsp3) is 0.867. The summed E-state index contributed by atoms with van der Waals surface area (Å²) in [5.74, 6) is 1.39. The summed E-state index contributed by atoms with van der Waals surface area (Å²) in [6.45, 7) is 6.38. The van der Waals surface area contributed by atoms with Gasteiger partial charge < -0.3 is 4.74 Å². The summed E-state index contributed by atoms with van der Waals surface area (Å²) in [6.07, 6.45) is 5.09. The van der Waals surface area contributed by atoms with Crippen LogP contribution >= 0.6 is 0 Å². The van der Waals surface area contributed by atoms with Crippen molar-refractivity contribution in [3.8, 4) is 0 Å². The van der Waals surface area contributed by atoms with E-state index in [2.05, 4.69) is 13.8 Å². The molecular formula is C15H24O3. The molecule has 0 aliphatic heterocycles. The summed E-state index contributed by atoms with van der Waals surface area (Å²) >= 11 is 0. The van der Waals surface area contributed by atoms with Crippen LogP contribution < -0.4 is 0 Å². The molecule has 4 atom stereocenters. The minimum absolute atomic E-state index is 0.148. The molecule has 2 rings (SSSR count). The standard InChI is InChI=1S/C15H24O3/c1-10(9-18-11(2)16)12-6-7-13-14(17)5-4-8-15(12,13)3/h10,12-13H,4-9H2,1-3H3. The molecule has 0 spiro atoms. The number of ether oxygens (including phenoxy) is 1. The molecule has 2 aliphatic rings. The highest BCUT2D eigenvalue weighted by Gasteiger charge is 2.52. The Labute approximate surface area is 109 Å². The second kappa shape index (κ2) is 5.02. The number of esters is 1. The summed E-state index contributed by atoms with van der Waals surface area (Å²) in [5.41, 5.74) is 0.148. The molecule has 0 heterocycles. The maximum absolute atomic E-state index is 12.0. The van der Waals surface area contributed by atoms with Gasteiger partial charge in [0.1, 0.15) is 5.78 Å². The number of hydrogen-bond donors (Lipinski definition) is 0. The molecule has 0 radical (unpaired) electrons. The summed E-state index contributed by atoms with van der Waals surface area (Å²) in [4.78, 5) is 22.9. The average Bonchev–Trinajstić information content (AvgIpc) is 2.64. The fourth-order valence-corrected chi connectivity index (χ4v) is 4.27. The van der Waals surface area contributed by atoms with Gasteiger partial charge >= 0.3 is 5.97 Å². The highest BCUT2D eigenvalue weighted by atomic mass is 16.5. The van der Waals surface area contributed by atoms with E-state index in [1.807, 2.05) is 0 Å². The number of carbonyl (C=O) groups is 2. The number of ketones is 1. The van der Waals surface area contributed by atoms with E-state index >= 15 is 0 Å². The summed E-state index contributed by atoms with van der Waals surface area (Å²) < 4.78 is 5.14. The van der Waals surface area contributed by atoms with Crippen LogP contribution in [-0.2, 0) is 14.3 Å². The smallest absolute Gasteiger partial charge is 0.302 e. The first-order valence-electron chi connectivity index (χ1n) is 7.11. The number of Topliss-reactive ketones (excluding diaryl/α,β-unsaturated/α-hetero) is 1. The van der Waals surface area contributed by atoms with Crippen LogP contribution in [0.15, 0.2) is 0 Å². The van der Waals surface area contributed by atoms with Gasteiger partial charge in [0.15, 0.2) is 0 Å². The second-order valence-electron chi connectivity index (χ2n) is 6.34. The molecule has 0 N–H and O–H groups in total. The molecule has 0 bridgehead atoms. The quantitative estimate of drug-likeness (QED) is 0.725. The van der Waals surface area contributed by atoms with Gasteiger partial charge in [-0.1, -0.05) is 13.8 Å². The van der Waals surface area contributed by atoms with Crippen LogP contribution in [0.3, 0.4) is 0 Å². The lowest BCUT2D eigenvalue weighted by Gasteiger charge is -2.42. The van der Waals surface area contributed by atoms with Crippen molar-refractivity contribution in [2.24, 2.45) is 23.2 Å². The van der Waals surface area contributed by atoms with Gasteiger partial charge in [-0.3, -0.25) is 9.59 Å². The number of carbonyl (C=O) groups excluding carboxylic acids is 2. The number of rotatable bonds is 3. The summed E-state index contributed by atoms with van der Waals surface area (Å²) in [7, 11) is 0. The fourth-order valence-electron chi connectivity index (χ4n) is 4.27. The number of hydrogen-bond acceptors (Lipinski definition) is 3. The van der Waals surface area contributed by atoms with Gasteiger partial charge in [-0.2, -0.15) is 0 Å². The first kappa shape index (κ1) is 13.6. The van der Waals surface area contributed by atoms with Crippen LogP contribution in [0, 0.1) is 23.2 Å². The highest BCUT2D eigenvalue weighted by molar-refractivity contribution is 5.83. The van der Waals surface area contributed by atoms with Crippen LogP contribution in [0.1, 0.15) is 52.9 Å². The van der Waals surface area contributed by atoms with Crippen molar-refractivity contribution in [2.75, 3.05) is 6.61 Å². The van der Waals surface area contributed by atoms with E-state index in [1.54, 1.807) is 0 Å². The Morgan fingerprint density at radius 3 is 2.89 bits per heavy atom. The summed E-state index contributed by atoms with van der Waals surface area (Å²) in [5, 5.41) is 0. The Kier molecular flexibility index (Phi) is 3.79. The van der Waals surface area contributed by atoms with Crippen molar-refractivity contribution >= 4 is 11.8 Å². The third kappa shape index (κ3) is 2.32. The third-order valence-electron chi connectivity index (χ3n) is 5.17. The Morgan fingerprint density at radius 1 is 1.50 bits per heavy atom. The van der Waals surface area contributed by atoms with Crippen molar-refractivity contribution in [2.45, 2.75) is 52.9 Å². The highest BCUT2D eigenvalue weighted by Crippen LogP contribution is 2.56. The zero-order valence-electron chi connectivity index (χ0n) is 11.7. The normalized spacial score (nSPS) is 37.2. The van der Waals surface area contributed by atoms with Crippen LogP contribution in [0.5, 0.6) is 0 Å². The lowest BCUT2D eigenvalue weighted by atomic mass is 9.62. The van der Waals surface area contributed by atoms with E-state index in [0.717, 1.165) is 32.1 Å². The van der Waals surface area contributed by atoms with Gasteiger partial charge in [0.2, 0.25) is 0 Å². The first-order valence-corrected chi connectivity index (χ1v) is 7.11. The minimum atomic E-state index is -0.207. The molecule has 2 aliphatic carbocycles. The molecule has 3 heteroatoms. The zero-order valence-corrected chi connectivity index (χ0v) is 11.7. The molecule has 2 saturated carbocycles. The van der Waals surface area contributed by atoms with E-state index in [9.17, 15) is 9.59 Å². The average molecular weight is 252 g/mol. The van der Waals surface area contributed by atoms with Crippen LogP contribution in [0.2, 0.25) is 0 Å². The second-order valence-corrected chi connectivity index (χ2v) is 6.34. The number of fused-ring (bicyclic) bond motifs is 1. The summed E-state index contributed by atoms with van der Waals surface area (Å²) in [6, 6.07) is 0. The lowest BCUT2D eigenvalue weighted by Crippen LogP contribution is -2.40. The molecule has 0 aromatic rings. The predicted molar refractivity (Wildman–Crippen MR) is 69.0 cm³/mol. The zero-order chi connectivity index (χ0) is 13.3. The monoisotopic (exact) mass is 252 g/mol. The van der Waals surface area contributed by atoms with E-state index in [1.165, 1.54) is 6.92 Å². The maximum Gasteiger partial charge on any atom is 0.302 e. The van der Waals surface area contributed by atoms with Crippen molar-refractivity contribution in [3.05, 3.63) is 0 Å². The first-order chi connectivity index (χ1) is 8.45. The predicted octanol–water partition coefficient (Wildman–Crippen LogP) is 2.97. The molecule has 102 valence electrons. The molecule has 0 amide bonds. The van der Waals surface area contributed by atoms with E-state index in [4.69, 9.17) is 4.74 Å². The molecule has 0 saturated heterocycles. The Hall–Kier alpha value is -0.860. The molecule has 2 fully saturated rings. The van der Waals surface area contributed by atoms with E-state index < -0.39 is 0 Å². The van der Waals surface area contributed by atoms with Gasteiger partial charge in [0.05, 0.1) is 6.61 Å². The molecule has 18 heavy (non-hydrogen) atoms. The van der Waals surface area contributed by atoms with E-state index in [0.29, 0.717) is 24.2 Å². The van der Waals surface area contributed by atoms with Crippen LogP contribution in [0.25, 0.3) is 0 Å². The van der Waals surface area contributed by atoms with Gasteiger partial charge in [-0.25, -0.2) is 0 Å². The Balaban J connectivity index is 2.05. The van der Waals surface area contributed by atoms with Crippen molar-refractivity contribution in [3.63, 3.8) is 0 Å². The van der Waals surface area contributed by atoms with Crippen LogP contribution in [-0.4, -0.2) is 18.4 Å². The van der Waals surface area contributed by atoms with Gasteiger partial charge in [0.25, 0.3) is 0 Å². The molecule has 0 aromatic heterocycles. The van der Waals surface area contributed by atoms with Crippen LogP contribution in [0.4, 0.5) is 0 Å². The SMILES string of the molecule is CC(=O)OCC(C)C1CCC2C(=O)CCCC21C. The topological polar surface area (TPSA) is 43.4 Å². The van der Waals surface area contributed by atoms with Crippen molar-refractivity contribution in [1.82, 2.24) is 0 Å². The molecule has 3 nitrogen and oxygen atoms in total. The van der Waals surface area contributed by atoms with Crippen molar-refractivity contribution < 1.29 is 14.3 Å². The third-order valence-corrected chi connectivity index (χ3v) is 5.17. The molecule has 4 unspecified atom stereocenters. The lowest BCUT2D eigenvalue weighted by molar-refractivity contribution is -0.144. The van der Waals surface area contributed by atoms with Gasteiger partial charge in [-0.05, 0) is 42.9 Å². The minimum Gasteiger partial charge on any atom is -0.466 e. The molecule has 0 aromatic carbocycles. The largest absolute Gasteiger partial charge is 0.466 e. The van der Waals surface area contributed by atoms with Gasteiger partial charge in [0, 0.05) is 19.3 Å². The molecular weight excluding hydrogens is 228 g/mol. The van der Waals surface area contributed by atoms with E-state index in [-0.39, 0.29) is 17.3 Å². The Bertz CT molecular complexity index is 350. The van der Waals surface area contributed by atoms with Crippen molar-refractivity contribution in [1.29, 1.82) is 0 Å². The van der Waals surface area contributed by atoms with Gasteiger partial charge in [-0.15, -0.1) is 0 Å². The maximum atomic E-state index is 12.0. The Morgan fingerprint density at radius 2 is 2.22 bits per heavy atom.